The van der Waals surface area contributed by atoms with E-state index in [1.165, 1.54) is 0 Å². The Morgan fingerprint density at radius 3 is 2.33 bits per heavy atom. The van der Waals surface area contributed by atoms with Crippen LogP contribution in [0.4, 0.5) is 11.4 Å². The van der Waals surface area contributed by atoms with Crippen LogP contribution in [-0.2, 0) is 6.54 Å². The van der Waals surface area contributed by atoms with Crippen LogP contribution in [0.5, 0.6) is 11.5 Å². The summed E-state index contributed by atoms with van der Waals surface area (Å²) in [6.07, 6.45) is 0. The van der Waals surface area contributed by atoms with Crippen LogP contribution in [0.25, 0.3) is 10.9 Å². The number of nitrogens with one attached hydrogen (secondary N) is 2. The van der Waals surface area contributed by atoms with Gasteiger partial charge in [-0.3, -0.25) is 24.4 Å². The van der Waals surface area contributed by atoms with Gasteiger partial charge in [-0.1, -0.05) is 12.1 Å². The second-order valence-corrected chi connectivity index (χ2v) is 11.4. The fourth-order valence-electron chi connectivity index (χ4n) is 5.48. The number of carbonyl (C=O) groups excluding carboxylic acids is 2. The summed E-state index contributed by atoms with van der Waals surface area (Å²) in [7, 11) is 0. The monoisotopic (exact) mass is 579 g/mol. The first-order valence-electron chi connectivity index (χ1n) is 14.8. The van der Waals surface area contributed by atoms with E-state index in [-0.39, 0.29) is 11.8 Å². The van der Waals surface area contributed by atoms with E-state index in [1.807, 2.05) is 37.3 Å². The quantitative estimate of drug-likeness (QED) is 0.305. The molecule has 0 spiro atoms. The third kappa shape index (κ3) is 6.63. The first-order chi connectivity index (χ1) is 20.8. The molecular weight excluding hydrogens is 542 g/mol. The summed E-state index contributed by atoms with van der Waals surface area (Å²) in [6.45, 7) is 12.4. The zero-order chi connectivity index (χ0) is 29.9. The molecular formula is C34H37N5O4. The molecule has 4 aromatic rings. The fraction of sp³-hybridized carbons (Fsp3) is 0.324. The number of aryl methyl sites for hydroxylation is 1. The number of piperazine rings is 1. The zero-order valence-electron chi connectivity index (χ0n) is 24.9. The highest BCUT2D eigenvalue weighted by atomic mass is 16.6. The van der Waals surface area contributed by atoms with Gasteiger partial charge in [-0.25, -0.2) is 0 Å². The summed E-state index contributed by atoms with van der Waals surface area (Å²) in [5.74, 6) is 0.672. The van der Waals surface area contributed by atoms with Crippen LogP contribution in [-0.4, -0.2) is 72.0 Å². The van der Waals surface area contributed by atoms with Crippen LogP contribution in [0.15, 0.2) is 66.7 Å². The van der Waals surface area contributed by atoms with Gasteiger partial charge in [0.2, 0.25) is 0 Å². The van der Waals surface area contributed by atoms with E-state index in [2.05, 4.69) is 40.3 Å². The average Bonchev–Trinajstić information content (AvgIpc) is 3.02. The van der Waals surface area contributed by atoms with E-state index in [4.69, 9.17) is 14.5 Å². The number of rotatable bonds is 7. The number of fused-ring (bicyclic) bond motifs is 2. The molecule has 9 heteroatoms. The van der Waals surface area contributed by atoms with Gasteiger partial charge in [0.05, 0.1) is 11.2 Å². The van der Waals surface area contributed by atoms with Gasteiger partial charge in [0.25, 0.3) is 11.8 Å². The minimum absolute atomic E-state index is 0.229. The minimum Gasteiger partial charge on any atom is -0.486 e. The molecule has 0 unspecified atom stereocenters. The predicted molar refractivity (Wildman–Crippen MR) is 168 cm³/mol. The Bertz CT molecular complexity index is 1660. The Hall–Kier alpha value is -4.47. The normalized spacial score (nSPS) is 15.4. The van der Waals surface area contributed by atoms with Crippen LogP contribution >= 0.6 is 0 Å². The molecule has 0 radical (unpaired) electrons. The maximum atomic E-state index is 13.3. The van der Waals surface area contributed by atoms with Crippen molar-refractivity contribution in [3.63, 3.8) is 0 Å². The highest BCUT2D eigenvalue weighted by Gasteiger charge is 2.20. The van der Waals surface area contributed by atoms with Gasteiger partial charge in [0.15, 0.2) is 11.5 Å². The summed E-state index contributed by atoms with van der Waals surface area (Å²) in [5, 5.41) is 6.83. The molecule has 222 valence electrons. The highest BCUT2D eigenvalue weighted by molar-refractivity contribution is 6.08. The standard InChI is InChI=1S/C34H37N5O4/c1-22(2)39-14-12-38(13-15-39)21-28-9-5-24-18-25(6-10-29(24)35-28)34(41)37-30-20-27(8-4-23(30)3)36-33(40)26-7-11-31-32(19-26)43-17-16-42-31/h4-11,18-20,22H,12-17,21H2,1-3H3,(H,36,40)(H,37,41). The SMILES string of the molecule is Cc1ccc(NC(=O)c2ccc3c(c2)OCCO3)cc1NC(=O)c1ccc2nc(CN3CCN(C(C)C)CC3)ccc2c1. The van der Waals surface area contributed by atoms with Gasteiger partial charge < -0.3 is 20.1 Å². The lowest BCUT2D eigenvalue weighted by molar-refractivity contribution is 0.101. The number of amides is 2. The summed E-state index contributed by atoms with van der Waals surface area (Å²) >= 11 is 0. The number of hydrogen-bond acceptors (Lipinski definition) is 7. The van der Waals surface area contributed by atoms with Crippen molar-refractivity contribution >= 4 is 34.1 Å². The van der Waals surface area contributed by atoms with E-state index in [1.54, 1.807) is 30.3 Å². The first-order valence-corrected chi connectivity index (χ1v) is 14.8. The number of carbonyl (C=O) groups is 2. The third-order valence-corrected chi connectivity index (χ3v) is 8.08. The lowest BCUT2D eigenvalue weighted by Crippen LogP contribution is -2.48. The molecule has 2 amide bonds. The molecule has 0 aliphatic carbocycles. The molecule has 0 atom stereocenters. The summed E-state index contributed by atoms with van der Waals surface area (Å²) < 4.78 is 11.1. The average molecular weight is 580 g/mol. The molecule has 43 heavy (non-hydrogen) atoms. The van der Waals surface area contributed by atoms with Crippen LogP contribution in [0.1, 0.15) is 45.8 Å². The molecule has 1 fully saturated rings. The van der Waals surface area contributed by atoms with Crippen molar-refractivity contribution in [3.05, 3.63) is 89.1 Å². The second-order valence-electron chi connectivity index (χ2n) is 11.4. The molecule has 3 aromatic carbocycles. The molecule has 1 saturated heterocycles. The Kier molecular flexibility index (Phi) is 8.26. The number of nitrogens with zero attached hydrogens (tertiary/aromatic N) is 3. The molecule has 1 aromatic heterocycles. The van der Waals surface area contributed by atoms with Gasteiger partial charge in [-0.15, -0.1) is 0 Å². The second kappa shape index (κ2) is 12.4. The first kappa shape index (κ1) is 28.6. The summed E-state index contributed by atoms with van der Waals surface area (Å²) in [4.78, 5) is 36.0. The van der Waals surface area contributed by atoms with Crippen molar-refractivity contribution in [3.8, 4) is 11.5 Å². The number of benzene rings is 3. The van der Waals surface area contributed by atoms with Gasteiger partial charge in [0.1, 0.15) is 13.2 Å². The Morgan fingerprint density at radius 2 is 1.53 bits per heavy atom. The van der Waals surface area contributed by atoms with Crippen molar-refractivity contribution in [2.24, 2.45) is 0 Å². The molecule has 9 nitrogen and oxygen atoms in total. The number of aromatic nitrogens is 1. The zero-order valence-corrected chi connectivity index (χ0v) is 24.9. The van der Waals surface area contributed by atoms with Crippen LogP contribution in [0.3, 0.4) is 0 Å². The highest BCUT2D eigenvalue weighted by Crippen LogP contribution is 2.31. The summed E-state index contributed by atoms with van der Waals surface area (Å²) in [6, 6.07) is 20.8. The maximum absolute atomic E-state index is 13.3. The molecule has 6 rings (SSSR count). The number of ether oxygens (including phenoxy) is 2. The number of pyridine rings is 1. The molecule has 2 aliphatic rings. The molecule has 3 heterocycles. The topological polar surface area (TPSA) is 96.0 Å². The van der Waals surface area contributed by atoms with E-state index >= 15 is 0 Å². The molecule has 0 bridgehead atoms. The van der Waals surface area contributed by atoms with E-state index < -0.39 is 0 Å². The predicted octanol–water partition coefficient (Wildman–Crippen LogP) is 5.35. The Labute approximate surface area is 251 Å². The van der Waals surface area contributed by atoms with Gasteiger partial charge in [-0.05, 0) is 80.9 Å². The lowest BCUT2D eigenvalue weighted by Gasteiger charge is -2.36. The largest absolute Gasteiger partial charge is 0.486 e. The Balaban J connectivity index is 1.10. The maximum Gasteiger partial charge on any atom is 0.255 e. The van der Waals surface area contributed by atoms with Crippen molar-refractivity contribution in [1.29, 1.82) is 0 Å². The van der Waals surface area contributed by atoms with Crippen molar-refractivity contribution < 1.29 is 19.1 Å². The van der Waals surface area contributed by atoms with E-state index in [0.29, 0.717) is 53.3 Å². The van der Waals surface area contributed by atoms with Crippen LogP contribution in [0.2, 0.25) is 0 Å². The number of hydrogen-bond donors (Lipinski definition) is 2. The van der Waals surface area contributed by atoms with Crippen molar-refractivity contribution in [2.45, 2.75) is 33.4 Å². The van der Waals surface area contributed by atoms with Gasteiger partial charge in [-0.2, -0.15) is 0 Å². The Morgan fingerprint density at radius 1 is 0.814 bits per heavy atom. The van der Waals surface area contributed by atoms with Crippen molar-refractivity contribution in [2.75, 3.05) is 50.0 Å². The molecule has 2 N–H and O–H groups in total. The van der Waals surface area contributed by atoms with E-state index in [9.17, 15) is 9.59 Å². The smallest absolute Gasteiger partial charge is 0.255 e. The van der Waals surface area contributed by atoms with E-state index in [0.717, 1.165) is 54.9 Å². The molecule has 0 saturated carbocycles. The lowest BCUT2D eigenvalue weighted by atomic mass is 10.1. The minimum atomic E-state index is -0.280. The van der Waals surface area contributed by atoms with Crippen LogP contribution in [0, 0.1) is 6.92 Å². The van der Waals surface area contributed by atoms with Gasteiger partial charge >= 0.3 is 0 Å². The van der Waals surface area contributed by atoms with Crippen LogP contribution < -0.4 is 20.1 Å². The molecule has 2 aliphatic heterocycles. The number of anilines is 2. The summed E-state index contributed by atoms with van der Waals surface area (Å²) in [5.41, 5.74) is 4.97. The third-order valence-electron chi connectivity index (χ3n) is 8.08. The van der Waals surface area contributed by atoms with Gasteiger partial charge in [0, 0.05) is 66.7 Å². The van der Waals surface area contributed by atoms with Crippen molar-refractivity contribution in [1.82, 2.24) is 14.8 Å². The fourth-order valence-corrected chi connectivity index (χ4v) is 5.48.